The SMILES string of the molecule is CCNCc1cc(S(=O)(=O)N(C)CCOC(C)C)c(C)s1. The summed E-state index contributed by atoms with van der Waals surface area (Å²) in [4.78, 5) is 2.28. The van der Waals surface area contributed by atoms with E-state index < -0.39 is 10.0 Å². The molecule has 0 aliphatic heterocycles. The number of aryl methyl sites for hydroxylation is 1. The molecule has 1 rings (SSSR count). The standard InChI is InChI=1S/C14H26N2O3S2/c1-6-15-10-13-9-14(12(4)20-13)21(17,18)16(5)7-8-19-11(2)3/h9,11,15H,6-8,10H2,1-5H3. The summed E-state index contributed by atoms with van der Waals surface area (Å²) >= 11 is 1.53. The molecule has 0 fully saturated rings. The Morgan fingerprint density at radius 3 is 2.67 bits per heavy atom. The maximum Gasteiger partial charge on any atom is 0.244 e. The molecule has 0 spiro atoms. The lowest BCUT2D eigenvalue weighted by atomic mass is 10.4. The molecule has 1 heterocycles. The number of thiophene rings is 1. The first kappa shape index (κ1) is 18.6. The molecule has 0 radical (unpaired) electrons. The van der Waals surface area contributed by atoms with Crippen LogP contribution in [0.4, 0.5) is 0 Å². The maximum atomic E-state index is 12.6. The Labute approximate surface area is 132 Å². The second kappa shape index (κ2) is 8.24. The fourth-order valence-electron chi connectivity index (χ4n) is 1.82. The smallest absolute Gasteiger partial charge is 0.244 e. The highest BCUT2D eigenvalue weighted by Gasteiger charge is 2.24. The monoisotopic (exact) mass is 334 g/mol. The third-order valence-corrected chi connectivity index (χ3v) is 6.18. The van der Waals surface area contributed by atoms with Gasteiger partial charge in [0, 0.05) is 29.9 Å². The molecule has 7 heteroatoms. The minimum Gasteiger partial charge on any atom is -0.377 e. The Kier molecular flexibility index (Phi) is 7.29. The molecule has 0 atom stereocenters. The molecule has 122 valence electrons. The van der Waals surface area contributed by atoms with Crippen molar-refractivity contribution in [2.75, 3.05) is 26.7 Å². The molecule has 1 aromatic rings. The lowest BCUT2D eigenvalue weighted by molar-refractivity contribution is 0.0737. The zero-order valence-electron chi connectivity index (χ0n) is 13.5. The summed E-state index contributed by atoms with van der Waals surface area (Å²) in [6.45, 7) is 10.1. The predicted octanol–water partition coefficient (Wildman–Crippen LogP) is 2.21. The van der Waals surface area contributed by atoms with E-state index in [9.17, 15) is 8.42 Å². The van der Waals surface area contributed by atoms with Gasteiger partial charge in [-0.15, -0.1) is 11.3 Å². The number of rotatable bonds is 9. The highest BCUT2D eigenvalue weighted by Crippen LogP contribution is 2.27. The van der Waals surface area contributed by atoms with Crippen molar-refractivity contribution in [2.45, 2.75) is 45.2 Å². The fraction of sp³-hybridized carbons (Fsp3) is 0.714. The summed E-state index contributed by atoms with van der Waals surface area (Å²) < 4.78 is 31.9. The third-order valence-electron chi connectivity index (χ3n) is 3.02. The van der Waals surface area contributed by atoms with Gasteiger partial charge in [0.2, 0.25) is 10.0 Å². The van der Waals surface area contributed by atoms with Crippen molar-refractivity contribution in [1.82, 2.24) is 9.62 Å². The van der Waals surface area contributed by atoms with E-state index in [1.54, 1.807) is 13.1 Å². The highest BCUT2D eigenvalue weighted by atomic mass is 32.2. The normalized spacial score (nSPS) is 12.5. The van der Waals surface area contributed by atoms with Gasteiger partial charge in [-0.05, 0) is 33.4 Å². The number of sulfonamides is 1. The predicted molar refractivity (Wildman–Crippen MR) is 87.3 cm³/mol. The Balaban J connectivity index is 2.79. The number of hydrogen-bond acceptors (Lipinski definition) is 5. The van der Waals surface area contributed by atoms with Gasteiger partial charge in [0.25, 0.3) is 0 Å². The van der Waals surface area contributed by atoms with Gasteiger partial charge in [-0.1, -0.05) is 6.92 Å². The van der Waals surface area contributed by atoms with Crippen LogP contribution in [-0.2, 0) is 21.3 Å². The molecule has 0 unspecified atom stereocenters. The van der Waals surface area contributed by atoms with Crippen LogP contribution in [0.5, 0.6) is 0 Å². The van der Waals surface area contributed by atoms with Crippen molar-refractivity contribution in [1.29, 1.82) is 0 Å². The molecule has 0 saturated heterocycles. The lowest BCUT2D eigenvalue weighted by Gasteiger charge is -2.17. The molecule has 1 N–H and O–H groups in total. The first-order valence-electron chi connectivity index (χ1n) is 7.17. The largest absolute Gasteiger partial charge is 0.377 e. The van der Waals surface area contributed by atoms with Gasteiger partial charge in [0.1, 0.15) is 0 Å². The molecule has 0 saturated carbocycles. The van der Waals surface area contributed by atoms with Gasteiger partial charge < -0.3 is 10.1 Å². The van der Waals surface area contributed by atoms with E-state index in [0.29, 0.717) is 24.6 Å². The number of hydrogen-bond donors (Lipinski definition) is 1. The number of nitrogens with zero attached hydrogens (tertiary/aromatic N) is 1. The molecule has 21 heavy (non-hydrogen) atoms. The number of likely N-dealkylation sites (N-methyl/N-ethyl adjacent to an activating group) is 1. The summed E-state index contributed by atoms with van der Waals surface area (Å²) in [6.07, 6.45) is 0.107. The van der Waals surface area contributed by atoms with Crippen LogP contribution in [0.3, 0.4) is 0 Å². The Hall–Kier alpha value is -0.470. The molecule has 0 aliphatic rings. The molecule has 0 amide bonds. The maximum absolute atomic E-state index is 12.6. The third kappa shape index (κ3) is 5.34. The topological polar surface area (TPSA) is 58.6 Å². The van der Waals surface area contributed by atoms with E-state index in [1.165, 1.54) is 15.6 Å². The number of nitrogens with one attached hydrogen (secondary N) is 1. The van der Waals surface area contributed by atoms with Crippen LogP contribution in [0.15, 0.2) is 11.0 Å². The lowest BCUT2D eigenvalue weighted by Crippen LogP contribution is -2.31. The van der Waals surface area contributed by atoms with Crippen molar-refractivity contribution in [3.8, 4) is 0 Å². The van der Waals surface area contributed by atoms with Crippen molar-refractivity contribution in [2.24, 2.45) is 0 Å². The van der Waals surface area contributed by atoms with E-state index >= 15 is 0 Å². The zero-order chi connectivity index (χ0) is 16.0. The molecular formula is C14H26N2O3S2. The van der Waals surface area contributed by atoms with E-state index in [1.807, 2.05) is 27.7 Å². The van der Waals surface area contributed by atoms with Crippen molar-refractivity contribution >= 4 is 21.4 Å². The molecule has 5 nitrogen and oxygen atoms in total. The molecular weight excluding hydrogens is 308 g/mol. The van der Waals surface area contributed by atoms with Crippen molar-refractivity contribution in [3.63, 3.8) is 0 Å². The van der Waals surface area contributed by atoms with Gasteiger partial charge in [-0.3, -0.25) is 0 Å². The average molecular weight is 335 g/mol. The van der Waals surface area contributed by atoms with Crippen LogP contribution in [-0.4, -0.2) is 45.6 Å². The first-order chi connectivity index (χ1) is 9.78. The second-order valence-corrected chi connectivity index (χ2v) is 8.51. The van der Waals surface area contributed by atoms with Gasteiger partial charge in [0.05, 0.1) is 17.6 Å². The Morgan fingerprint density at radius 2 is 2.10 bits per heavy atom. The van der Waals surface area contributed by atoms with Crippen molar-refractivity contribution < 1.29 is 13.2 Å². The van der Waals surface area contributed by atoms with Crippen LogP contribution in [0.2, 0.25) is 0 Å². The van der Waals surface area contributed by atoms with Crippen LogP contribution < -0.4 is 5.32 Å². The summed E-state index contributed by atoms with van der Waals surface area (Å²) in [7, 11) is -1.84. The minimum atomic E-state index is -3.44. The first-order valence-corrected chi connectivity index (χ1v) is 9.42. The van der Waals surface area contributed by atoms with Gasteiger partial charge in [0.15, 0.2) is 0 Å². The summed E-state index contributed by atoms with van der Waals surface area (Å²) in [5, 5.41) is 3.21. The van der Waals surface area contributed by atoms with E-state index in [0.717, 1.165) is 16.3 Å². The van der Waals surface area contributed by atoms with Crippen LogP contribution in [0.1, 0.15) is 30.5 Å². The molecule has 0 bridgehead atoms. The van der Waals surface area contributed by atoms with Gasteiger partial charge in [-0.2, -0.15) is 4.31 Å². The minimum absolute atomic E-state index is 0.107. The summed E-state index contributed by atoms with van der Waals surface area (Å²) in [5.74, 6) is 0. The van der Waals surface area contributed by atoms with Crippen LogP contribution >= 0.6 is 11.3 Å². The Bertz CT molecular complexity index is 538. The summed E-state index contributed by atoms with van der Waals surface area (Å²) in [6, 6.07) is 1.78. The van der Waals surface area contributed by atoms with E-state index in [4.69, 9.17) is 4.74 Å². The fourth-order valence-corrected chi connectivity index (χ4v) is 4.55. The van der Waals surface area contributed by atoms with Crippen LogP contribution in [0, 0.1) is 6.92 Å². The summed E-state index contributed by atoms with van der Waals surface area (Å²) in [5.41, 5.74) is 0. The van der Waals surface area contributed by atoms with Crippen molar-refractivity contribution in [3.05, 3.63) is 15.8 Å². The van der Waals surface area contributed by atoms with Gasteiger partial charge in [-0.25, -0.2) is 8.42 Å². The van der Waals surface area contributed by atoms with E-state index in [-0.39, 0.29) is 6.10 Å². The Morgan fingerprint density at radius 1 is 1.43 bits per heavy atom. The van der Waals surface area contributed by atoms with Crippen LogP contribution in [0.25, 0.3) is 0 Å². The zero-order valence-corrected chi connectivity index (χ0v) is 15.1. The quantitative estimate of drug-likeness (QED) is 0.752. The highest BCUT2D eigenvalue weighted by molar-refractivity contribution is 7.89. The van der Waals surface area contributed by atoms with Gasteiger partial charge >= 0.3 is 0 Å². The molecule has 0 aromatic carbocycles. The van der Waals surface area contributed by atoms with E-state index in [2.05, 4.69) is 5.32 Å². The molecule has 1 aromatic heterocycles. The second-order valence-electron chi connectivity index (χ2n) is 5.16. The molecule has 0 aliphatic carbocycles. The number of ether oxygens (including phenoxy) is 1. The average Bonchev–Trinajstić information content (AvgIpc) is 2.77.